The summed E-state index contributed by atoms with van der Waals surface area (Å²) in [4.78, 5) is 33.6. The minimum Gasteiger partial charge on any atom is -0.493 e. The van der Waals surface area contributed by atoms with Crippen LogP contribution in [0.2, 0.25) is 0 Å². The molecule has 1 aliphatic heterocycles. The number of anilines is 1. The van der Waals surface area contributed by atoms with E-state index in [0.717, 1.165) is 42.9 Å². The number of halogens is 3. The smallest absolute Gasteiger partial charge is 0.416 e. The number of hydrogen-bond acceptors (Lipinski definition) is 7. The van der Waals surface area contributed by atoms with Crippen molar-refractivity contribution in [2.45, 2.75) is 19.3 Å². The fourth-order valence-corrected chi connectivity index (χ4v) is 5.03. The van der Waals surface area contributed by atoms with Crippen molar-refractivity contribution in [2.75, 3.05) is 52.8 Å². The van der Waals surface area contributed by atoms with Gasteiger partial charge in [0, 0.05) is 61.6 Å². The molecular formula is C31H35F3N6O5. The Kier molecular flexibility index (Phi) is 10.5. The highest BCUT2D eigenvalue weighted by Gasteiger charge is 2.30. The van der Waals surface area contributed by atoms with Crippen molar-refractivity contribution in [1.29, 1.82) is 0 Å². The molecule has 1 aliphatic rings. The number of nitrogens with zero attached hydrogens (tertiary/aromatic N) is 3. The van der Waals surface area contributed by atoms with Crippen LogP contribution in [0.1, 0.15) is 37.4 Å². The van der Waals surface area contributed by atoms with E-state index in [1.54, 1.807) is 33.5 Å². The number of guanidine groups is 1. The molecule has 45 heavy (non-hydrogen) atoms. The molecule has 240 valence electrons. The lowest BCUT2D eigenvalue weighted by molar-refractivity contribution is -0.137. The van der Waals surface area contributed by atoms with Crippen LogP contribution >= 0.6 is 0 Å². The maximum atomic E-state index is 13.0. The Bertz CT molecular complexity index is 1550. The predicted octanol–water partition coefficient (Wildman–Crippen LogP) is 3.71. The van der Waals surface area contributed by atoms with Gasteiger partial charge in [-0.1, -0.05) is 12.1 Å². The van der Waals surface area contributed by atoms with Crippen LogP contribution in [-0.2, 0) is 19.3 Å². The number of methoxy groups -OCH3 is 3. The summed E-state index contributed by atoms with van der Waals surface area (Å²) in [5, 5.41) is 2.74. The summed E-state index contributed by atoms with van der Waals surface area (Å²) >= 11 is 0. The average molecular weight is 629 g/mol. The van der Waals surface area contributed by atoms with Gasteiger partial charge in [-0.2, -0.15) is 18.2 Å². The van der Waals surface area contributed by atoms with Crippen LogP contribution < -0.4 is 31.0 Å². The zero-order chi connectivity index (χ0) is 32.7. The monoisotopic (exact) mass is 628 g/mol. The first-order valence-corrected chi connectivity index (χ1v) is 13.9. The van der Waals surface area contributed by atoms with Gasteiger partial charge in [0.2, 0.25) is 5.75 Å². The van der Waals surface area contributed by atoms with E-state index in [1.165, 1.54) is 6.07 Å². The standard InChI is InChI=1S/C31H35F3N6O5/c1-43-25-11-8-22(26(44-2)27(25)45-3)18-40-14-12-39(13-15-40)17-21-5-4-20(29(42)38-30(35)36)16-24(21)37-28(41)19-6-9-23(10-7-19)31(32,33)34/h4-11,16H,12-15,17-18H2,1-3H3,(H,37,41)(H4,35,36,38,42). The zero-order valence-corrected chi connectivity index (χ0v) is 25.1. The topological polar surface area (TPSA) is 145 Å². The number of nitrogens with one attached hydrogen (secondary N) is 1. The molecule has 1 fully saturated rings. The van der Waals surface area contributed by atoms with E-state index in [4.69, 9.17) is 25.7 Å². The van der Waals surface area contributed by atoms with Crippen molar-refractivity contribution >= 4 is 23.5 Å². The molecule has 0 saturated carbocycles. The Morgan fingerprint density at radius 1 is 0.800 bits per heavy atom. The number of ether oxygens (including phenoxy) is 3. The molecule has 0 bridgehead atoms. The first-order valence-electron chi connectivity index (χ1n) is 13.9. The number of carbonyl (C=O) groups excluding carboxylic acids is 2. The molecule has 0 aliphatic carbocycles. The van der Waals surface area contributed by atoms with Crippen LogP contribution in [0.3, 0.4) is 0 Å². The number of benzene rings is 3. The van der Waals surface area contributed by atoms with E-state index in [9.17, 15) is 22.8 Å². The lowest BCUT2D eigenvalue weighted by Gasteiger charge is -2.35. The van der Waals surface area contributed by atoms with Gasteiger partial charge in [0.15, 0.2) is 17.5 Å². The van der Waals surface area contributed by atoms with Crippen molar-refractivity contribution in [3.8, 4) is 17.2 Å². The van der Waals surface area contributed by atoms with Crippen LogP contribution in [0.15, 0.2) is 59.6 Å². The highest BCUT2D eigenvalue weighted by Crippen LogP contribution is 2.40. The second-order valence-electron chi connectivity index (χ2n) is 10.3. The Morgan fingerprint density at radius 2 is 1.36 bits per heavy atom. The lowest BCUT2D eigenvalue weighted by atomic mass is 10.1. The maximum Gasteiger partial charge on any atom is 0.416 e. The molecule has 2 amide bonds. The number of carbonyl (C=O) groups is 2. The average Bonchev–Trinajstić information content (AvgIpc) is 3.01. The second kappa shape index (κ2) is 14.3. The minimum absolute atomic E-state index is 0.0223. The lowest BCUT2D eigenvalue weighted by Crippen LogP contribution is -2.45. The van der Waals surface area contributed by atoms with E-state index in [0.29, 0.717) is 54.7 Å². The Morgan fingerprint density at radius 3 is 1.89 bits per heavy atom. The number of piperazine rings is 1. The van der Waals surface area contributed by atoms with Gasteiger partial charge in [0.25, 0.3) is 11.8 Å². The summed E-state index contributed by atoms with van der Waals surface area (Å²) in [5.74, 6) is -0.0270. The summed E-state index contributed by atoms with van der Waals surface area (Å²) < 4.78 is 55.5. The van der Waals surface area contributed by atoms with Crippen molar-refractivity contribution in [3.63, 3.8) is 0 Å². The summed E-state index contributed by atoms with van der Waals surface area (Å²) in [6, 6.07) is 12.4. The highest BCUT2D eigenvalue weighted by atomic mass is 19.4. The minimum atomic E-state index is -4.53. The van der Waals surface area contributed by atoms with Crippen LogP contribution in [0.4, 0.5) is 18.9 Å². The Balaban J connectivity index is 1.49. The normalized spacial score (nSPS) is 14.0. The molecule has 0 radical (unpaired) electrons. The fourth-order valence-electron chi connectivity index (χ4n) is 5.03. The summed E-state index contributed by atoms with van der Waals surface area (Å²) in [6.07, 6.45) is -4.53. The first-order chi connectivity index (χ1) is 21.4. The highest BCUT2D eigenvalue weighted by molar-refractivity contribution is 6.06. The molecule has 0 aromatic heterocycles. The van der Waals surface area contributed by atoms with E-state index < -0.39 is 29.5 Å². The third-order valence-corrected chi connectivity index (χ3v) is 7.35. The summed E-state index contributed by atoms with van der Waals surface area (Å²) in [6.45, 7) is 3.96. The molecule has 1 heterocycles. The van der Waals surface area contributed by atoms with Gasteiger partial charge in [-0.25, -0.2) is 0 Å². The third-order valence-electron chi connectivity index (χ3n) is 7.35. The second-order valence-corrected chi connectivity index (χ2v) is 10.3. The molecule has 3 aromatic carbocycles. The number of amides is 2. The van der Waals surface area contributed by atoms with Gasteiger partial charge < -0.3 is 31.0 Å². The Hall–Kier alpha value is -4.82. The Labute approximate surface area is 258 Å². The molecule has 0 unspecified atom stereocenters. The molecule has 3 aromatic rings. The van der Waals surface area contributed by atoms with Gasteiger partial charge in [0.05, 0.1) is 26.9 Å². The van der Waals surface area contributed by atoms with Crippen molar-refractivity contribution in [1.82, 2.24) is 9.80 Å². The van der Waals surface area contributed by atoms with Gasteiger partial charge in [-0.3, -0.25) is 19.4 Å². The summed E-state index contributed by atoms with van der Waals surface area (Å²) in [5.41, 5.74) is 12.0. The molecule has 4 rings (SSSR count). The van der Waals surface area contributed by atoms with Gasteiger partial charge in [-0.15, -0.1) is 0 Å². The maximum absolute atomic E-state index is 13.0. The van der Waals surface area contributed by atoms with Crippen LogP contribution in [0, 0.1) is 0 Å². The molecule has 1 saturated heterocycles. The first kappa shape index (κ1) is 33.1. The van der Waals surface area contributed by atoms with Crippen LogP contribution in [-0.4, -0.2) is 75.1 Å². The van der Waals surface area contributed by atoms with E-state index >= 15 is 0 Å². The van der Waals surface area contributed by atoms with Crippen molar-refractivity contribution in [2.24, 2.45) is 16.5 Å². The van der Waals surface area contributed by atoms with Crippen LogP contribution in [0.25, 0.3) is 0 Å². The summed E-state index contributed by atoms with van der Waals surface area (Å²) in [7, 11) is 4.71. The molecular weight excluding hydrogens is 593 g/mol. The number of nitrogens with two attached hydrogens (primary N) is 2. The van der Waals surface area contributed by atoms with E-state index in [-0.39, 0.29) is 11.1 Å². The van der Waals surface area contributed by atoms with Crippen molar-refractivity contribution in [3.05, 3.63) is 82.4 Å². The van der Waals surface area contributed by atoms with Gasteiger partial charge >= 0.3 is 6.18 Å². The SMILES string of the molecule is COc1ccc(CN2CCN(Cc3ccc(C(=O)N=C(N)N)cc3NC(=O)c3ccc(C(F)(F)F)cc3)CC2)c(OC)c1OC. The predicted molar refractivity (Wildman–Crippen MR) is 163 cm³/mol. The number of alkyl halides is 3. The molecule has 0 atom stereocenters. The third kappa shape index (κ3) is 8.22. The number of aliphatic imine (C=N–C) groups is 1. The molecule has 5 N–H and O–H groups in total. The quantitative estimate of drug-likeness (QED) is 0.226. The largest absolute Gasteiger partial charge is 0.493 e. The number of hydrogen-bond donors (Lipinski definition) is 3. The zero-order valence-electron chi connectivity index (χ0n) is 25.1. The molecule has 14 heteroatoms. The van der Waals surface area contributed by atoms with Gasteiger partial charge in [-0.05, 0) is 48.0 Å². The molecule has 11 nitrogen and oxygen atoms in total. The molecule has 0 spiro atoms. The number of rotatable bonds is 10. The van der Waals surface area contributed by atoms with E-state index in [1.807, 2.05) is 12.1 Å². The van der Waals surface area contributed by atoms with Crippen LogP contribution in [0.5, 0.6) is 17.2 Å². The van der Waals surface area contributed by atoms with E-state index in [2.05, 4.69) is 20.1 Å². The van der Waals surface area contributed by atoms with Crippen molar-refractivity contribution < 1.29 is 37.0 Å². The fraction of sp³-hybridized carbons (Fsp3) is 0.323. The van der Waals surface area contributed by atoms with Gasteiger partial charge in [0.1, 0.15) is 0 Å².